The standard InChI is InChI=1S/C23H34N6O/c1-7-17(20(30)23(4,5)6)27-22-28-18-16(14(2)3)13-25-19(18)21(29-22)26-12-15-10-8-9-11-24-15/h8-11,13-14,17,20,25,30H,7,12H2,1-6H3,(H2,26,27,28,29)/t17-,20?/m0/s1. The average Bonchev–Trinajstić information content (AvgIpc) is 3.14. The first-order chi connectivity index (χ1) is 14.2. The van der Waals surface area contributed by atoms with Crippen LogP contribution in [0.25, 0.3) is 11.0 Å². The maximum atomic E-state index is 10.8. The summed E-state index contributed by atoms with van der Waals surface area (Å²) in [6.07, 6.45) is 4.02. The van der Waals surface area contributed by atoms with Crippen molar-refractivity contribution >= 4 is 22.8 Å². The molecule has 30 heavy (non-hydrogen) atoms. The molecule has 0 spiro atoms. The summed E-state index contributed by atoms with van der Waals surface area (Å²) in [4.78, 5) is 17.2. The number of aromatic nitrogens is 4. The molecule has 0 radical (unpaired) electrons. The Morgan fingerprint density at radius 1 is 1.17 bits per heavy atom. The molecule has 0 amide bonds. The number of aromatic amines is 1. The Balaban J connectivity index is 1.96. The fourth-order valence-corrected chi connectivity index (χ4v) is 3.51. The summed E-state index contributed by atoms with van der Waals surface area (Å²) < 4.78 is 0. The lowest BCUT2D eigenvalue weighted by Gasteiger charge is -2.33. The molecule has 0 aliphatic carbocycles. The Bertz CT molecular complexity index is 961. The number of fused-ring (bicyclic) bond motifs is 1. The van der Waals surface area contributed by atoms with Gasteiger partial charge in [-0.2, -0.15) is 4.98 Å². The van der Waals surface area contributed by atoms with E-state index in [1.807, 2.05) is 45.2 Å². The molecule has 0 aromatic carbocycles. The molecule has 1 unspecified atom stereocenters. The van der Waals surface area contributed by atoms with Crippen LogP contribution < -0.4 is 10.6 Å². The largest absolute Gasteiger partial charge is 0.390 e. The molecule has 3 aromatic rings. The van der Waals surface area contributed by atoms with Crippen LogP contribution in [0.3, 0.4) is 0 Å². The van der Waals surface area contributed by atoms with E-state index in [0.29, 0.717) is 18.4 Å². The minimum Gasteiger partial charge on any atom is -0.390 e. The highest BCUT2D eigenvalue weighted by Crippen LogP contribution is 2.30. The SMILES string of the molecule is CC[C@H](Nc1nc(NCc2ccccn2)c2[nH]cc(C(C)C)c2n1)C(O)C(C)(C)C. The fraction of sp³-hybridized carbons (Fsp3) is 0.522. The van der Waals surface area contributed by atoms with Gasteiger partial charge in [-0.05, 0) is 35.4 Å². The van der Waals surface area contributed by atoms with E-state index in [4.69, 9.17) is 9.97 Å². The van der Waals surface area contributed by atoms with Gasteiger partial charge in [-0.1, -0.05) is 47.6 Å². The number of nitrogens with zero attached hydrogens (tertiary/aromatic N) is 3. The predicted octanol–water partition coefficient (Wildman–Crippen LogP) is 4.69. The van der Waals surface area contributed by atoms with Gasteiger partial charge in [0.05, 0.1) is 29.9 Å². The van der Waals surface area contributed by atoms with Crippen LogP contribution in [0.4, 0.5) is 11.8 Å². The van der Waals surface area contributed by atoms with Crippen LogP contribution >= 0.6 is 0 Å². The summed E-state index contributed by atoms with van der Waals surface area (Å²) in [7, 11) is 0. The maximum absolute atomic E-state index is 10.8. The number of nitrogens with one attached hydrogen (secondary N) is 3. The molecule has 4 N–H and O–H groups in total. The molecule has 0 saturated carbocycles. The molecule has 7 nitrogen and oxygen atoms in total. The summed E-state index contributed by atoms with van der Waals surface area (Å²) in [5.41, 5.74) is 3.61. The summed E-state index contributed by atoms with van der Waals surface area (Å²) >= 11 is 0. The molecule has 3 rings (SSSR count). The smallest absolute Gasteiger partial charge is 0.225 e. The van der Waals surface area contributed by atoms with Crippen molar-refractivity contribution in [3.8, 4) is 0 Å². The number of pyridine rings is 1. The quantitative estimate of drug-likeness (QED) is 0.430. The molecule has 3 aromatic heterocycles. The number of hydrogen-bond donors (Lipinski definition) is 4. The first-order valence-electron chi connectivity index (χ1n) is 10.7. The molecule has 2 atom stereocenters. The second-order valence-electron chi connectivity index (χ2n) is 9.16. The van der Waals surface area contributed by atoms with Gasteiger partial charge in [-0.3, -0.25) is 4.98 Å². The Morgan fingerprint density at radius 3 is 2.53 bits per heavy atom. The van der Waals surface area contributed by atoms with Gasteiger partial charge in [0.15, 0.2) is 5.82 Å². The lowest BCUT2D eigenvalue weighted by Crippen LogP contribution is -2.42. The van der Waals surface area contributed by atoms with Gasteiger partial charge in [0.25, 0.3) is 0 Å². The molecule has 7 heteroatoms. The second kappa shape index (κ2) is 9.00. The van der Waals surface area contributed by atoms with Gasteiger partial charge >= 0.3 is 0 Å². The minimum absolute atomic E-state index is 0.146. The number of anilines is 2. The van der Waals surface area contributed by atoms with Gasteiger partial charge in [-0.15, -0.1) is 0 Å². The van der Waals surface area contributed by atoms with Crippen LogP contribution in [0.2, 0.25) is 0 Å². The number of aliphatic hydroxyl groups excluding tert-OH is 1. The van der Waals surface area contributed by atoms with Crippen molar-refractivity contribution in [2.45, 2.75) is 72.6 Å². The monoisotopic (exact) mass is 410 g/mol. The fourth-order valence-electron chi connectivity index (χ4n) is 3.51. The highest BCUT2D eigenvalue weighted by Gasteiger charge is 2.30. The van der Waals surface area contributed by atoms with E-state index in [0.717, 1.165) is 34.5 Å². The van der Waals surface area contributed by atoms with Crippen molar-refractivity contribution in [3.05, 3.63) is 41.9 Å². The first-order valence-corrected chi connectivity index (χ1v) is 10.7. The van der Waals surface area contributed by atoms with Crippen LogP contribution in [-0.2, 0) is 6.54 Å². The van der Waals surface area contributed by atoms with Gasteiger partial charge in [0.2, 0.25) is 5.95 Å². The zero-order valence-corrected chi connectivity index (χ0v) is 18.8. The van der Waals surface area contributed by atoms with Gasteiger partial charge < -0.3 is 20.7 Å². The zero-order chi connectivity index (χ0) is 21.9. The molecule has 162 valence electrons. The summed E-state index contributed by atoms with van der Waals surface area (Å²) in [6.45, 7) is 13.0. The summed E-state index contributed by atoms with van der Waals surface area (Å²) in [5.74, 6) is 1.56. The van der Waals surface area contributed by atoms with E-state index < -0.39 is 6.10 Å². The lowest BCUT2D eigenvalue weighted by molar-refractivity contribution is 0.0451. The minimum atomic E-state index is -0.525. The van der Waals surface area contributed by atoms with Crippen molar-refractivity contribution in [1.82, 2.24) is 19.9 Å². The number of H-pyrrole nitrogens is 1. The molecular formula is C23H34N6O. The number of aliphatic hydroxyl groups is 1. The molecular weight excluding hydrogens is 376 g/mol. The van der Waals surface area contributed by atoms with E-state index in [1.165, 1.54) is 0 Å². The van der Waals surface area contributed by atoms with Crippen molar-refractivity contribution in [1.29, 1.82) is 0 Å². The van der Waals surface area contributed by atoms with Gasteiger partial charge in [0, 0.05) is 12.4 Å². The lowest BCUT2D eigenvalue weighted by atomic mass is 9.84. The summed E-state index contributed by atoms with van der Waals surface area (Å²) in [5, 5.41) is 17.6. The average molecular weight is 411 g/mol. The van der Waals surface area contributed by atoms with Crippen molar-refractivity contribution < 1.29 is 5.11 Å². The van der Waals surface area contributed by atoms with E-state index in [-0.39, 0.29) is 11.5 Å². The summed E-state index contributed by atoms with van der Waals surface area (Å²) in [6, 6.07) is 5.70. The third-order valence-corrected chi connectivity index (χ3v) is 5.36. The molecule has 0 aliphatic heterocycles. The number of hydrogen-bond acceptors (Lipinski definition) is 6. The molecule has 0 saturated heterocycles. The Labute approximate surface area is 178 Å². The van der Waals surface area contributed by atoms with E-state index in [9.17, 15) is 5.11 Å². The topological polar surface area (TPSA) is 98.8 Å². The van der Waals surface area contributed by atoms with Crippen LogP contribution in [0, 0.1) is 5.41 Å². The third kappa shape index (κ3) is 4.90. The number of rotatable bonds is 8. The predicted molar refractivity (Wildman–Crippen MR) is 123 cm³/mol. The normalized spacial score (nSPS) is 14.1. The van der Waals surface area contributed by atoms with Crippen LogP contribution in [0.5, 0.6) is 0 Å². The van der Waals surface area contributed by atoms with E-state index >= 15 is 0 Å². The molecule has 0 bridgehead atoms. The molecule has 3 heterocycles. The Kier molecular flexibility index (Phi) is 6.61. The highest BCUT2D eigenvalue weighted by molar-refractivity contribution is 5.89. The molecule has 0 fully saturated rings. The van der Waals surface area contributed by atoms with Crippen LogP contribution in [0.1, 0.15) is 65.1 Å². The highest BCUT2D eigenvalue weighted by atomic mass is 16.3. The Morgan fingerprint density at radius 2 is 1.93 bits per heavy atom. The third-order valence-electron chi connectivity index (χ3n) is 5.36. The van der Waals surface area contributed by atoms with E-state index in [1.54, 1.807) is 6.20 Å². The van der Waals surface area contributed by atoms with Crippen molar-refractivity contribution in [3.63, 3.8) is 0 Å². The maximum Gasteiger partial charge on any atom is 0.225 e. The van der Waals surface area contributed by atoms with Gasteiger partial charge in [0.1, 0.15) is 5.52 Å². The van der Waals surface area contributed by atoms with Crippen molar-refractivity contribution in [2.24, 2.45) is 5.41 Å². The van der Waals surface area contributed by atoms with E-state index in [2.05, 4.69) is 41.4 Å². The first kappa shape index (κ1) is 22.0. The second-order valence-corrected chi connectivity index (χ2v) is 9.16. The molecule has 0 aliphatic rings. The Hall–Kier alpha value is -2.67. The van der Waals surface area contributed by atoms with Crippen LogP contribution in [-0.4, -0.2) is 37.2 Å². The van der Waals surface area contributed by atoms with Gasteiger partial charge in [-0.25, -0.2) is 4.98 Å². The van der Waals surface area contributed by atoms with Crippen LogP contribution in [0.15, 0.2) is 30.6 Å². The van der Waals surface area contributed by atoms with Crippen molar-refractivity contribution in [2.75, 3.05) is 10.6 Å². The zero-order valence-electron chi connectivity index (χ0n) is 18.8.